The Morgan fingerprint density at radius 1 is 1.29 bits per heavy atom. The predicted molar refractivity (Wildman–Crippen MR) is 74.5 cm³/mol. The van der Waals surface area contributed by atoms with Gasteiger partial charge in [-0.3, -0.25) is 0 Å². The van der Waals surface area contributed by atoms with Crippen LogP contribution in [0.15, 0.2) is 6.07 Å². The van der Waals surface area contributed by atoms with Crippen LogP contribution in [0.1, 0.15) is 45.4 Å². The number of alkyl halides is 3. The monoisotopic (exact) mass is 303 g/mol. The lowest BCUT2D eigenvalue weighted by Crippen LogP contribution is -2.32. The fourth-order valence-electron chi connectivity index (χ4n) is 2.75. The molecule has 1 aromatic heterocycles. The molecule has 1 fully saturated rings. The Kier molecular flexibility index (Phi) is 4.27. The average Bonchev–Trinajstić information content (AvgIpc) is 2.36. The van der Waals surface area contributed by atoms with Gasteiger partial charge in [0.1, 0.15) is 11.6 Å². The third kappa shape index (κ3) is 4.20. The zero-order valence-corrected chi connectivity index (χ0v) is 12.1. The van der Waals surface area contributed by atoms with Crippen LogP contribution in [0.25, 0.3) is 0 Å². The SMILES string of the molecule is CC1(C)CCCC(Nc2cc(NN)nc(C(F)(F)F)n2)C1. The number of hydrogen-bond donors (Lipinski definition) is 3. The van der Waals surface area contributed by atoms with Crippen LogP contribution < -0.4 is 16.6 Å². The fourth-order valence-corrected chi connectivity index (χ4v) is 2.75. The number of aromatic nitrogens is 2. The number of anilines is 2. The summed E-state index contributed by atoms with van der Waals surface area (Å²) in [5.41, 5.74) is 2.33. The van der Waals surface area contributed by atoms with Gasteiger partial charge < -0.3 is 10.7 Å². The second-order valence-corrected chi connectivity index (χ2v) is 6.21. The van der Waals surface area contributed by atoms with Crippen molar-refractivity contribution in [3.8, 4) is 0 Å². The van der Waals surface area contributed by atoms with E-state index in [0.29, 0.717) is 0 Å². The van der Waals surface area contributed by atoms with Gasteiger partial charge >= 0.3 is 6.18 Å². The van der Waals surface area contributed by atoms with Crippen molar-refractivity contribution in [3.63, 3.8) is 0 Å². The first-order valence-corrected chi connectivity index (χ1v) is 6.89. The molecule has 1 atom stereocenters. The topological polar surface area (TPSA) is 75.9 Å². The zero-order chi connectivity index (χ0) is 15.7. The van der Waals surface area contributed by atoms with Gasteiger partial charge in [-0.2, -0.15) is 13.2 Å². The Balaban J connectivity index is 2.19. The maximum Gasteiger partial charge on any atom is 0.451 e. The van der Waals surface area contributed by atoms with Crippen molar-refractivity contribution in [2.45, 2.75) is 51.7 Å². The molecule has 1 unspecified atom stereocenters. The lowest BCUT2D eigenvalue weighted by Gasteiger charge is -2.35. The summed E-state index contributed by atoms with van der Waals surface area (Å²) < 4.78 is 38.3. The summed E-state index contributed by atoms with van der Waals surface area (Å²) in [7, 11) is 0. The van der Waals surface area contributed by atoms with Crippen molar-refractivity contribution in [2.75, 3.05) is 10.7 Å². The first kappa shape index (κ1) is 15.8. The third-order valence-corrected chi connectivity index (χ3v) is 3.68. The summed E-state index contributed by atoms with van der Waals surface area (Å²) in [6.07, 6.45) is -0.624. The van der Waals surface area contributed by atoms with E-state index in [1.807, 2.05) is 0 Å². The molecule has 0 aliphatic heterocycles. The van der Waals surface area contributed by atoms with E-state index in [2.05, 4.69) is 34.6 Å². The van der Waals surface area contributed by atoms with E-state index in [1.165, 1.54) is 6.07 Å². The van der Waals surface area contributed by atoms with Crippen LogP contribution >= 0.6 is 0 Å². The number of hydrazine groups is 1. The van der Waals surface area contributed by atoms with Crippen molar-refractivity contribution < 1.29 is 13.2 Å². The average molecular weight is 303 g/mol. The van der Waals surface area contributed by atoms with Crippen molar-refractivity contribution >= 4 is 11.6 Å². The zero-order valence-electron chi connectivity index (χ0n) is 12.1. The number of rotatable bonds is 3. The molecule has 1 aliphatic carbocycles. The molecule has 0 radical (unpaired) electrons. The molecule has 1 heterocycles. The van der Waals surface area contributed by atoms with E-state index in [4.69, 9.17) is 5.84 Å². The second-order valence-electron chi connectivity index (χ2n) is 6.21. The third-order valence-electron chi connectivity index (χ3n) is 3.68. The van der Waals surface area contributed by atoms with E-state index in [1.54, 1.807) is 0 Å². The van der Waals surface area contributed by atoms with Crippen molar-refractivity contribution in [2.24, 2.45) is 11.3 Å². The van der Waals surface area contributed by atoms with Crippen LogP contribution in [0.3, 0.4) is 0 Å². The first-order chi connectivity index (χ1) is 9.69. The van der Waals surface area contributed by atoms with Gasteiger partial charge in [-0.25, -0.2) is 15.8 Å². The Hall–Kier alpha value is -1.57. The highest BCUT2D eigenvalue weighted by molar-refractivity contribution is 5.47. The molecule has 1 aromatic rings. The van der Waals surface area contributed by atoms with Gasteiger partial charge in [-0.1, -0.05) is 20.3 Å². The molecule has 8 heteroatoms. The van der Waals surface area contributed by atoms with Crippen LogP contribution in [-0.2, 0) is 6.18 Å². The maximum atomic E-state index is 12.8. The minimum absolute atomic E-state index is 0.0603. The molecule has 21 heavy (non-hydrogen) atoms. The number of nitrogens with zero attached hydrogens (tertiary/aromatic N) is 2. The lowest BCUT2D eigenvalue weighted by atomic mass is 9.75. The van der Waals surface area contributed by atoms with E-state index in [-0.39, 0.29) is 23.1 Å². The Morgan fingerprint density at radius 2 is 1.95 bits per heavy atom. The molecule has 0 saturated heterocycles. The van der Waals surface area contributed by atoms with E-state index < -0.39 is 12.0 Å². The maximum absolute atomic E-state index is 12.8. The molecule has 0 bridgehead atoms. The molecule has 0 aromatic carbocycles. The molecule has 2 rings (SSSR count). The van der Waals surface area contributed by atoms with E-state index in [0.717, 1.165) is 25.7 Å². The van der Waals surface area contributed by atoms with Crippen LogP contribution in [0.2, 0.25) is 0 Å². The van der Waals surface area contributed by atoms with E-state index >= 15 is 0 Å². The summed E-state index contributed by atoms with van der Waals surface area (Å²) in [5.74, 6) is 4.06. The van der Waals surface area contributed by atoms with Crippen molar-refractivity contribution in [1.29, 1.82) is 0 Å². The highest BCUT2D eigenvalue weighted by atomic mass is 19.4. The predicted octanol–water partition coefficient (Wildman–Crippen LogP) is 3.16. The number of nitrogens with one attached hydrogen (secondary N) is 2. The second kappa shape index (κ2) is 5.67. The smallest absolute Gasteiger partial charge is 0.367 e. The Bertz CT molecular complexity index is 501. The molecule has 1 aliphatic rings. The number of nitrogen functional groups attached to an aromatic ring is 1. The minimum atomic E-state index is -4.60. The molecule has 4 N–H and O–H groups in total. The minimum Gasteiger partial charge on any atom is -0.367 e. The molecule has 0 amide bonds. The van der Waals surface area contributed by atoms with Gasteiger partial charge in [-0.15, -0.1) is 0 Å². The van der Waals surface area contributed by atoms with Crippen LogP contribution in [0.4, 0.5) is 24.8 Å². The quantitative estimate of drug-likeness (QED) is 0.590. The fraction of sp³-hybridized carbons (Fsp3) is 0.692. The highest BCUT2D eigenvalue weighted by Crippen LogP contribution is 2.36. The lowest BCUT2D eigenvalue weighted by molar-refractivity contribution is -0.144. The molecular weight excluding hydrogens is 283 g/mol. The number of hydrogen-bond acceptors (Lipinski definition) is 5. The Morgan fingerprint density at radius 3 is 2.52 bits per heavy atom. The summed E-state index contributed by atoms with van der Waals surface area (Å²) >= 11 is 0. The molecule has 0 spiro atoms. The highest BCUT2D eigenvalue weighted by Gasteiger charge is 2.36. The van der Waals surface area contributed by atoms with Gasteiger partial charge in [0.05, 0.1) is 0 Å². The molecule has 1 saturated carbocycles. The van der Waals surface area contributed by atoms with Crippen LogP contribution in [0.5, 0.6) is 0 Å². The van der Waals surface area contributed by atoms with Gasteiger partial charge in [0.25, 0.3) is 0 Å². The normalized spacial score (nSPS) is 21.9. The molecular formula is C13H20F3N5. The Labute approximate surface area is 121 Å². The summed E-state index contributed by atoms with van der Waals surface area (Å²) in [5, 5.41) is 3.08. The van der Waals surface area contributed by atoms with Crippen molar-refractivity contribution in [1.82, 2.24) is 9.97 Å². The standard InChI is InChI=1S/C13H20F3N5/c1-12(2)5-3-4-8(7-12)18-9-6-10(21-17)20-11(19-9)13(14,15)16/h6,8H,3-5,7,17H2,1-2H3,(H2,18,19,20,21). The van der Waals surface area contributed by atoms with Gasteiger partial charge in [-0.05, 0) is 24.7 Å². The molecule has 118 valence electrons. The van der Waals surface area contributed by atoms with E-state index in [9.17, 15) is 13.2 Å². The number of nitrogens with two attached hydrogens (primary N) is 1. The van der Waals surface area contributed by atoms with Crippen molar-refractivity contribution in [3.05, 3.63) is 11.9 Å². The summed E-state index contributed by atoms with van der Waals surface area (Å²) in [4.78, 5) is 6.88. The first-order valence-electron chi connectivity index (χ1n) is 6.89. The molecule has 5 nitrogen and oxygen atoms in total. The van der Waals surface area contributed by atoms with Gasteiger partial charge in [0.15, 0.2) is 0 Å². The largest absolute Gasteiger partial charge is 0.451 e. The van der Waals surface area contributed by atoms with Gasteiger partial charge in [0.2, 0.25) is 5.82 Å². The van der Waals surface area contributed by atoms with Gasteiger partial charge in [0, 0.05) is 12.1 Å². The summed E-state index contributed by atoms with van der Waals surface area (Å²) in [6.45, 7) is 4.32. The van der Waals surface area contributed by atoms with Crippen LogP contribution in [0, 0.1) is 5.41 Å². The number of halogens is 3. The van der Waals surface area contributed by atoms with Crippen LogP contribution in [-0.4, -0.2) is 16.0 Å². The summed E-state index contributed by atoms with van der Waals surface area (Å²) in [6, 6.07) is 1.49.